The summed E-state index contributed by atoms with van der Waals surface area (Å²) in [6.45, 7) is 2.40. The van der Waals surface area contributed by atoms with Crippen LogP contribution in [0.1, 0.15) is 53.2 Å². The summed E-state index contributed by atoms with van der Waals surface area (Å²) in [4.78, 5) is 15.1. The standard InChI is InChI=1S/C21H23FN2O3S/c1-14-4-11-18(28(26,27)23-17-9-10-17)13-19(14)21(25)24-12-2-3-20(24)15-5-7-16(22)8-6-15/h4-8,11,13,17,20,23H,2-3,9-10,12H2,1H3. The first-order valence-electron chi connectivity index (χ1n) is 9.54. The molecule has 2 fully saturated rings. The van der Waals surface area contributed by atoms with E-state index >= 15 is 0 Å². The van der Waals surface area contributed by atoms with Gasteiger partial charge in [0.25, 0.3) is 5.91 Å². The number of benzene rings is 2. The molecule has 1 saturated heterocycles. The van der Waals surface area contributed by atoms with Gasteiger partial charge in [-0.15, -0.1) is 0 Å². The van der Waals surface area contributed by atoms with Crippen LogP contribution < -0.4 is 4.72 Å². The Kier molecular flexibility index (Phi) is 4.97. The van der Waals surface area contributed by atoms with Gasteiger partial charge < -0.3 is 4.90 Å². The molecule has 0 radical (unpaired) electrons. The van der Waals surface area contributed by atoms with Crippen LogP contribution in [-0.2, 0) is 10.0 Å². The third-order valence-corrected chi connectivity index (χ3v) is 6.94. The van der Waals surface area contributed by atoms with Gasteiger partial charge in [-0.05, 0) is 68.0 Å². The van der Waals surface area contributed by atoms with Crippen LogP contribution in [0.2, 0.25) is 0 Å². The largest absolute Gasteiger partial charge is 0.332 e. The van der Waals surface area contributed by atoms with Gasteiger partial charge in [0.05, 0.1) is 10.9 Å². The molecule has 1 aliphatic carbocycles. The van der Waals surface area contributed by atoms with Gasteiger partial charge in [-0.1, -0.05) is 18.2 Å². The first kappa shape index (κ1) is 19.1. The predicted molar refractivity (Wildman–Crippen MR) is 104 cm³/mol. The average Bonchev–Trinajstić information content (AvgIpc) is 3.32. The number of nitrogens with zero attached hydrogens (tertiary/aromatic N) is 1. The fourth-order valence-corrected chi connectivity index (χ4v) is 5.01. The molecule has 148 valence electrons. The molecule has 28 heavy (non-hydrogen) atoms. The maximum absolute atomic E-state index is 13.3. The Morgan fingerprint density at radius 3 is 2.50 bits per heavy atom. The van der Waals surface area contributed by atoms with Crippen molar-refractivity contribution >= 4 is 15.9 Å². The van der Waals surface area contributed by atoms with Gasteiger partial charge in [0.15, 0.2) is 0 Å². The van der Waals surface area contributed by atoms with Crippen molar-refractivity contribution in [1.29, 1.82) is 0 Å². The molecule has 1 unspecified atom stereocenters. The normalized spacial score (nSPS) is 19.8. The quantitative estimate of drug-likeness (QED) is 0.832. The van der Waals surface area contributed by atoms with Gasteiger partial charge in [-0.3, -0.25) is 4.79 Å². The van der Waals surface area contributed by atoms with Crippen LogP contribution in [-0.4, -0.2) is 31.8 Å². The molecule has 0 spiro atoms. The zero-order valence-corrected chi connectivity index (χ0v) is 16.5. The monoisotopic (exact) mass is 402 g/mol. The van der Waals surface area contributed by atoms with Gasteiger partial charge >= 0.3 is 0 Å². The van der Waals surface area contributed by atoms with Crippen molar-refractivity contribution in [2.75, 3.05) is 6.54 Å². The topological polar surface area (TPSA) is 66.5 Å². The zero-order chi connectivity index (χ0) is 19.9. The molecule has 0 aromatic heterocycles. The van der Waals surface area contributed by atoms with E-state index in [0.29, 0.717) is 12.1 Å². The molecule has 2 aromatic carbocycles. The van der Waals surface area contributed by atoms with Crippen LogP contribution in [0.3, 0.4) is 0 Å². The maximum Gasteiger partial charge on any atom is 0.254 e. The molecule has 1 saturated carbocycles. The van der Waals surface area contributed by atoms with E-state index in [-0.39, 0.29) is 28.7 Å². The maximum atomic E-state index is 13.3. The Labute approximate surface area is 164 Å². The summed E-state index contributed by atoms with van der Waals surface area (Å²) < 4.78 is 41.0. The van der Waals surface area contributed by atoms with E-state index in [2.05, 4.69) is 4.72 Å². The highest BCUT2D eigenvalue weighted by molar-refractivity contribution is 7.89. The summed E-state index contributed by atoms with van der Waals surface area (Å²) in [5.74, 6) is -0.496. The second-order valence-corrected chi connectivity index (χ2v) is 9.29. The number of rotatable bonds is 5. The number of hydrogen-bond acceptors (Lipinski definition) is 3. The second-order valence-electron chi connectivity index (χ2n) is 7.58. The molecule has 1 atom stereocenters. The molecule has 1 heterocycles. The van der Waals surface area contributed by atoms with Gasteiger partial charge in [-0.25, -0.2) is 17.5 Å². The van der Waals surface area contributed by atoms with Crippen molar-refractivity contribution < 1.29 is 17.6 Å². The lowest BCUT2D eigenvalue weighted by atomic mass is 10.0. The molecular formula is C21H23FN2O3S. The van der Waals surface area contributed by atoms with Crippen molar-refractivity contribution in [2.24, 2.45) is 0 Å². The lowest BCUT2D eigenvalue weighted by Crippen LogP contribution is -2.31. The summed E-state index contributed by atoms with van der Waals surface area (Å²) >= 11 is 0. The highest BCUT2D eigenvalue weighted by atomic mass is 32.2. The molecule has 1 amide bonds. The highest BCUT2D eigenvalue weighted by Gasteiger charge is 2.33. The SMILES string of the molecule is Cc1ccc(S(=O)(=O)NC2CC2)cc1C(=O)N1CCCC1c1ccc(F)cc1. The Morgan fingerprint density at radius 1 is 1.11 bits per heavy atom. The van der Waals surface area contributed by atoms with E-state index < -0.39 is 10.0 Å². The van der Waals surface area contributed by atoms with Crippen LogP contribution in [0.5, 0.6) is 0 Å². The summed E-state index contributed by atoms with van der Waals surface area (Å²) in [5.41, 5.74) is 2.02. The first-order chi connectivity index (χ1) is 13.3. The van der Waals surface area contributed by atoms with Crippen LogP contribution in [0.15, 0.2) is 47.4 Å². The van der Waals surface area contributed by atoms with Gasteiger partial charge in [0, 0.05) is 18.2 Å². The van der Waals surface area contributed by atoms with E-state index in [9.17, 15) is 17.6 Å². The molecule has 7 heteroatoms. The Balaban J connectivity index is 1.63. The van der Waals surface area contributed by atoms with E-state index in [4.69, 9.17) is 0 Å². The number of sulfonamides is 1. The molecule has 0 bridgehead atoms. The van der Waals surface area contributed by atoms with E-state index in [1.807, 2.05) is 0 Å². The number of halogens is 1. The number of carbonyl (C=O) groups is 1. The number of amides is 1. The van der Waals surface area contributed by atoms with E-state index in [1.54, 1.807) is 30.0 Å². The fourth-order valence-electron chi connectivity index (χ4n) is 3.68. The first-order valence-corrected chi connectivity index (χ1v) is 11.0. The lowest BCUT2D eigenvalue weighted by molar-refractivity contribution is 0.0734. The Bertz CT molecular complexity index is 1000. The van der Waals surface area contributed by atoms with E-state index in [0.717, 1.165) is 36.8 Å². The fraction of sp³-hybridized carbons (Fsp3) is 0.381. The third kappa shape index (κ3) is 3.82. The number of likely N-dealkylation sites (tertiary alicyclic amines) is 1. The van der Waals surface area contributed by atoms with Gasteiger partial charge in [0.2, 0.25) is 10.0 Å². The molecule has 1 aliphatic heterocycles. The summed E-state index contributed by atoms with van der Waals surface area (Å²) in [6, 6.07) is 10.8. The zero-order valence-electron chi connectivity index (χ0n) is 15.7. The Morgan fingerprint density at radius 2 is 1.82 bits per heavy atom. The number of carbonyl (C=O) groups excluding carboxylic acids is 1. The van der Waals surface area contributed by atoms with E-state index in [1.165, 1.54) is 24.3 Å². The van der Waals surface area contributed by atoms with Crippen LogP contribution >= 0.6 is 0 Å². The molecular weight excluding hydrogens is 379 g/mol. The predicted octanol–water partition coefficient (Wildman–Crippen LogP) is 3.55. The van der Waals surface area contributed by atoms with Crippen molar-refractivity contribution in [1.82, 2.24) is 9.62 Å². The summed E-state index contributed by atoms with van der Waals surface area (Å²) in [7, 11) is -3.63. The van der Waals surface area contributed by atoms with Crippen molar-refractivity contribution in [3.05, 3.63) is 65.0 Å². The third-order valence-electron chi connectivity index (χ3n) is 5.42. The summed E-state index contributed by atoms with van der Waals surface area (Å²) in [6.07, 6.45) is 3.36. The number of aryl methyl sites for hydroxylation is 1. The lowest BCUT2D eigenvalue weighted by Gasteiger charge is -2.26. The average molecular weight is 402 g/mol. The Hall–Kier alpha value is -2.25. The van der Waals surface area contributed by atoms with Crippen LogP contribution in [0, 0.1) is 12.7 Å². The molecule has 4 rings (SSSR count). The van der Waals surface area contributed by atoms with Crippen molar-refractivity contribution in [2.45, 2.75) is 49.6 Å². The minimum Gasteiger partial charge on any atom is -0.332 e. The van der Waals surface area contributed by atoms with Crippen LogP contribution in [0.4, 0.5) is 4.39 Å². The number of nitrogens with one attached hydrogen (secondary N) is 1. The van der Waals surface area contributed by atoms with Crippen molar-refractivity contribution in [3.63, 3.8) is 0 Å². The molecule has 1 N–H and O–H groups in total. The minimum absolute atomic E-state index is 0.00638. The summed E-state index contributed by atoms with van der Waals surface area (Å²) in [5, 5.41) is 0. The number of hydrogen-bond donors (Lipinski definition) is 1. The molecule has 5 nitrogen and oxygen atoms in total. The van der Waals surface area contributed by atoms with Crippen molar-refractivity contribution in [3.8, 4) is 0 Å². The minimum atomic E-state index is -3.63. The smallest absolute Gasteiger partial charge is 0.254 e. The van der Waals surface area contributed by atoms with Gasteiger partial charge in [-0.2, -0.15) is 0 Å². The molecule has 2 aliphatic rings. The van der Waals surface area contributed by atoms with Crippen LogP contribution in [0.25, 0.3) is 0 Å². The molecule has 2 aromatic rings. The highest BCUT2D eigenvalue weighted by Crippen LogP contribution is 2.34. The van der Waals surface area contributed by atoms with Gasteiger partial charge in [0.1, 0.15) is 5.82 Å². The second kappa shape index (κ2) is 7.29.